The van der Waals surface area contributed by atoms with Crippen LogP contribution in [0.3, 0.4) is 0 Å². The molecule has 9 heteroatoms. The molecule has 2 amide bonds. The lowest BCUT2D eigenvalue weighted by molar-refractivity contribution is -0.149. The van der Waals surface area contributed by atoms with Crippen LogP contribution < -0.4 is 5.32 Å². The van der Waals surface area contributed by atoms with Crippen molar-refractivity contribution in [3.8, 4) is 11.1 Å². The zero-order valence-corrected chi connectivity index (χ0v) is 18.3. The number of amides is 2. The molecule has 1 unspecified atom stereocenters. The number of aliphatic carboxylic acids is 1. The van der Waals surface area contributed by atoms with Crippen LogP contribution >= 0.6 is 11.8 Å². The van der Waals surface area contributed by atoms with Gasteiger partial charge in [0, 0.05) is 18.8 Å². The monoisotopic (exact) mass is 456 g/mol. The topological polar surface area (TPSA) is 105 Å². The number of thioether (sulfide) groups is 1. The van der Waals surface area contributed by atoms with Gasteiger partial charge in [-0.3, -0.25) is 4.79 Å². The third kappa shape index (κ3) is 4.31. The predicted octanol–water partition coefficient (Wildman–Crippen LogP) is 2.53. The highest BCUT2D eigenvalue weighted by Gasteiger charge is 2.38. The Balaban J connectivity index is 1.42. The van der Waals surface area contributed by atoms with Gasteiger partial charge in [-0.25, -0.2) is 9.59 Å². The lowest BCUT2D eigenvalue weighted by atomic mass is 9.98. The normalized spacial score (nSPS) is 18.0. The highest BCUT2D eigenvalue weighted by molar-refractivity contribution is 7.99. The largest absolute Gasteiger partial charge is 0.480 e. The number of alkyl carbamates (subject to hydrolysis) is 1. The van der Waals surface area contributed by atoms with E-state index >= 15 is 0 Å². The molecule has 1 saturated heterocycles. The average Bonchev–Trinajstić information content (AvgIpc) is 3.40. The Kier molecular flexibility index (Phi) is 6.66. The average molecular weight is 457 g/mol. The molecule has 1 aliphatic heterocycles. The minimum Gasteiger partial charge on any atom is -0.480 e. The van der Waals surface area contributed by atoms with Crippen molar-refractivity contribution in [3.63, 3.8) is 0 Å². The molecule has 2 aromatic rings. The van der Waals surface area contributed by atoms with E-state index in [1.54, 1.807) is 0 Å². The molecule has 1 heterocycles. The van der Waals surface area contributed by atoms with Crippen molar-refractivity contribution < 1.29 is 29.0 Å². The number of ether oxygens (including phenoxy) is 2. The van der Waals surface area contributed by atoms with Gasteiger partial charge in [0.2, 0.25) is 5.91 Å². The zero-order chi connectivity index (χ0) is 22.7. The first-order valence-electron chi connectivity index (χ1n) is 10.2. The number of carboxylic acid groups (broad SMARTS) is 1. The fraction of sp³-hybridized carbons (Fsp3) is 0.348. The van der Waals surface area contributed by atoms with Crippen LogP contribution in [-0.4, -0.2) is 72.0 Å². The number of carboxylic acids is 1. The standard InChI is InChI=1S/C23H24N2O6S/c1-30-11-19(21(26)25-13-32-12-20(25)22(27)28)24-23(29)31-10-18-16-8-4-2-6-14(16)15-7-3-5-9-17(15)18/h2-9,18-20H,10-13H2,1H3,(H,24,29)(H,27,28)/t19?,20-/m0/s1. The smallest absolute Gasteiger partial charge is 0.407 e. The fourth-order valence-electron chi connectivity index (χ4n) is 4.19. The molecule has 0 radical (unpaired) electrons. The number of hydrogen-bond acceptors (Lipinski definition) is 6. The van der Waals surface area contributed by atoms with Crippen molar-refractivity contribution >= 4 is 29.7 Å². The van der Waals surface area contributed by atoms with Crippen molar-refractivity contribution in [3.05, 3.63) is 59.7 Å². The molecule has 1 fully saturated rings. The Morgan fingerprint density at radius 3 is 2.34 bits per heavy atom. The van der Waals surface area contributed by atoms with Crippen molar-refractivity contribution in [2.24, 2.45) is 0 Å². The molecule has 0 saturated carbocycles. The van der Waals surface area contributed by atoms with Gasteiger partial charge < -0.3 is 24.8 Å². The van der Waals surface area contributed by atoms with Gasteiger partial charge in [-0.1, -0.05) is 48.5 Å². The lowest BCUT2D eigenvalue weighted by Gasteiger charge is -2.26. The van der Waals surface area contributed by atoms with Gasteiger partial charge in [-0.15, -0.1) is 11.8 Å². The van der Waals surface area contributed by atoms with Crippen LogP contribution in [0.15, 0.2) is 48.5 Å². The second-order valence-electron chi connectivity index (χ2n) is 7.64. The van der Waals surface area contributed by atoms with Crippen LogP contribution in [0.4, 0.5) is 4.79 Å². The highest BCUT2D eigenvalue weighted by atomic mass is 32.2. The van der Waals surface area contributed by atoms with E-state index in [2.05, 4.69) is 17.4 Å². The fourth-order valence-corrected chi connectivity index (χ4v) is 5.34. The van der Waals surface area contributed by atoms with Crippen molar-refractivity contribution in [2.45, 2.75) is 18.0 Å². The van der Waals surface area contributed by atoms with Gasteiger partial charge in [0.1, 0.15) is 18.7 Å². The van der Waals surface area contributed by atoms with Crippen molar-refractivity contribution in [2.75, 3.05) is 32.0 Å². The van der Waals surface area contributed by atoms with Crippen LogP contribution in [0.2, 0.25) is 0 Å². The number of benzene rings is 2. The van der Waals surface area contributed by atoms with Gasteiger partial charge >= 0.3 is 12.1 Å². The maximum Gasteiger partial charge on any atom is 0.407 e. The molecule has 168 valence electrons. The summed E-state index contributed by atoms with van der Waals surface area (Å²) in [7, 11) is 1.41. The lowest BCUT2D eigenvalue weighted by Crippen LogP contribution is -2.54. The minimum absolute atomic E-state index is 0.0868. The molecule has 2 aliphatic rings. The van der Waals surface area contributed by atoms with E-state index in [-0.39, 0.29) is 25.0 Å². The van der Waals surface area contributed by atoms with E-state index in [0.29, 0.717) is 5.75 Å². The summed E-state index contributed by atoms with van der Waals surface area (Å²) >= 11 is 1.35. The number of nitrogens with one attached hydrogen (secondary N) is 1. The molecule has 2 aromatic carbocycles. The maximum absolute atomic E-state index is 12.9. The van der Waals surface area contributed by atoms with E-state index < -0.39 is 30.1 Å². The first kappa shape index (κ1) is 22.2. The third-order valence-electron chi connectivity index (χ3n) is 5.72. The van der Waals surface area contributed by atoms with Crippen LogP contribution in [-0.2, 0) is 19.1 Å². The molecule has 0 aromatic heterocycles. The molecule has 4 rings (SSSR count). The van der Waals surface area contributed by atoms with Gasteiger partial charge in [0.05, 0.1) is 12.5 Å². The summed E-state index contributed by atoms with van der Waals surface area (Å²) in [6.07, 6.45) is -0.749. The molecule has 2 atom stereocenters. The van der Waals surface area contributed by atoms with E-state index in [1.807, 2.05) is 36.4 Å². The number of methoxy groups -OCH3 is 1. The molecule has 1 aliphatic carbocycles. The molecule has 8 nitrogen and oxygen atoms in total. The summed E-state index contributed by atoms with van der Waals surface area (Å²) in [6, 6.07) is 14.1. The number of rotatable bonds is 7. The minimum atomic E-state index is -1.07. The van der Waals surface area contributed by atoms with E-state index in [9.17, 15) is 19.5 Å². The quantitative estimate of drug-likeness (QED) is 0.660. The van der Waals surface area contributed by atoms with Gasteiger partial charge in [-0.2, -0.15) is 0 Å². The SMILES string of the molecule is COCC(NC(=O)OCC1c2ccccc2-c2ccccc21)C(=O)N1CSC[C@H]1C(=O)O. The molecule has 0 bridgehead atoms. The third-order valence-corrected chi connectivity index (χ3v) is 6.73. The Bertz CT molecular complexity index is 984. The zero-order valence-electron chi connectivity index (χ0n) is 17.5. The van der Waals surface area contributed by atoms with Crippen LogP contribution in [0, 0.1) is 0 Å². The van der Waals surface area contributed by atoms with Crippen LogP contribution in [0.5, 0.6) is 0 Å². The predicted molar refractivity (Wildman–Crippen MR) is 119 cm³/mol. The molecule has 0 spiro atoms. The van der Waals surface area contributed by atoms with Crippen molar-refractivity contribution in [1.82, 2.24) is 10.2 Å². The van der Waals surface area contributed by atoms with Gasteiger partial charge in [-0.05, 0) is 22.3 Å². The number of carbonyl (C=O) groups is 3. The first-order valence-corrected chi connectivity index (χ1v) is 11.4. The summed E-state index contributed by atoms with van der Waals surface area (Å²) in [5.41, 5.74) is 4.42. The van der Waals surface area contributed by atoms with Crippen LogP contribution in [0.25, 0.3) is 11.1 Å². The number of hydrogen-bond donors (Lipinski definition) is 2. The Hall–Kier alpha value is -3.04. The van der Waals surface area contributed by atoms with Crippen LogP contribution in [0.1, 0.15) is 17.0 Å². The number of nitrogens with zero attached hydrogens (tertiary/aromatic N) is 1. The second-order valence-corrected chi connectivity index (χ2v) is 8.64. The highest BCUT2D eigenvalue weighted by Crippen LogP contribution is 2.44. The molecular weight excluding hydrogens is 432 g/mol. The van der Waals surface area contributed by atoms with E-state index in [1.165, 1.54) is 23.8 Å². The van der Waals surface area contributed by atoms with E-state index in [4.69, 9.17) is 9.47 Å². The van der Waals surface area contributed by atoms with Gasteiger partial charge in [0.15, 0.2) is 0 Å². The Morgan fingerprint density at radius 1 is 1.12 bits per heavy atom. The summed E-state index contributed by atoms with van der Waals surface area (Å²) < 4.78 is 10.6. The van der Waals surface area contributed by atoms with Gasteiger partial charge in [0.25, 0.3) is 0 Å². The number of carbonyl (C=O) groups excluding carboxylic acids is 2. The van der Waals surface area contributed by atoms with E-state index in [0.717, 1.165) is 22.3 Å². The second kappa shape index (κ2) is 9.62. The Morgan fingerprint density at radius 2 is 1.75 bits per heavy atom. The first-order chi connectivity index (χ1) is 15.5. The Labute approximate surface area is 189 Å². The maximum atomic E-state index is 12.9. The molecule has 32 heavy (non-hydrogen) atoms. The summed E-state index contributed by atoms with van der Waals surface area (Å²) in [5, 5.41) is 11.9. The molecular formula is C23H24N2O6S. The summed E-state index contributed by atoms with van der Waals surface area (Å²) in [5.74, 6) is -1.11. The van der Waals surface area contributed by atoms with Crippen molar-refractivity contribution in [1.29, 1.82) is 0 Å². The summed E-state index contributed by atoms with van der Waals surface area (Å²) in [6.45, 7) is 0.0294. The summed E-state index contributed by atoms with van der Waals surface area (Å²) in [4.78, 5) is 38.1. The number of fused-ring (bicyclic) bond motifs is 3. The molecule has 2 N–H and O–H groups in total.